The number of amides is 1. The van der Waals surface area contributed by atoms with Crippen LogP contribution in [0.5, 0.6) is 0 Å². The third-order valence-electron chi connectivity index (χ3n) is 5.40. The molecule has 1 saturated heterocycles. The number of ether oxygens (including phenoxy) is 2. The van der Waals surface area contributed by atoms with Gasteiger partial charge in [-0.1, -0.05) is 45.0 Å². The summed E-state index contributed by atoms with van der Waals surface area (Å²) in [5, 5.41) is 0. The largest absolute Gasteiger partial charge is 0.465 e. The molecule has 3 rings (SSSR count). The molecule has 1 aromatic rings. The first-order chi connectivity index (χ1) is 13.2. The van der Waals surface area contributed by atoms with Gasteiger partial charge in [0.15, 0.2) is 0 Å². The fourth-order valence-corrected chi connectivity index (χ4v) is 3.69. The van der Waals surface area contributed by atoms with E-state index >= 15 is 0 Å². The van der Waals surface area contributed by atoms with E-state index in [1.165, 1.54) is 12.7 Å². The van der Waals surface area contributed by atoms with E-state index in [2.05, 4.69) is 32.9 Å². The Morgan fingerprint density at radius 3 is 2.50 bits per heavy atom. The zero-order valence-electron chi connectivity index (χ0n) is 17.4. The summed E-state index contributed by atoms with van der Waals surface area (Å²) >= 11 is 0. The van der Waals surface area contributed by atoms with Gasteiger partial charge in [-0.25, -0.2) is 4.79 Å². The zero-order valence-corrected chi connectivity index (χ0v) is 17.4. The van der Waals surface area contributed by atoms with Gasteiger partial charge < -0.3 is 14.4 Å². The molecule has 2 aliphatic heterocycles. The first-order valence-corrected chi connectivity index (χ1v) is 9.77. The van der Waals surface area contributed by atoms with E-state index in [9.17, 15) is 9.59 Å². The summed E-state index contributed by atoms with van der Waals surface area (Å²) in [7, 11) is 1.34. The lowest BCUT2D eigenvalue weighted by molar-refractivity contribution is -0.136. The Hall–Kier alpha value is -2.40. The predicted molar refractivity (Wildman–Crippen MR) is 109 cm³/mol. The van der Waals surface area contributed by atoms with Gasteiger partial charge in [0.25, 0.3) is 5.91 Å². The van der Waals surface area contributed by atoms with Gasteiger partial charge in [-0.3, -0.25) is 4.79 Å². The number of carbonyl (C=O) groups is 2. The van der Waals surface area contributed by atoms with Crippen molar-refractivity contribution in [3.63, 3.8) is 0 Å². The highest BCUT2D eigenvalue weighted by atomic mass is 16.5. The Balaban J connectivity index is 1.94. The smallest absolute Gasteiger partial charge is 0.340 e. The lowest BCUT2D eigenvalue weighted by atomic mass is 9.86. The zero-order chi connectivity index (χ0) is 20.5. The van der Waals surface area contributed by atoms with Gasteiger partial charge in [0, 0.05) is 12.3 Å². The van der Waals surface area contributed by atoms with Crippen LogP contribution in [0.15, 0.2) is 41.1 Å². The molecule has 0 bridgehead atoms. The fourth-order valence-electron chi connectivity index (χ4n) is 3.69. The average Bonchev–Trinajstić information content (AvgIpc) is 3.24. The summed E-state index contributed by atoms with van der Waals surface area (Å²) in [6.45, 7) is 9.46. The van der Waals surface area contributed by atoms with Crippen LogP contribution in [0, 0.1) is 0 Å². The Kier molecular flexibility index (Phi) is 5.75. The number of esters is 1. The van der Waals surface area contributed by atoms with Crippen molar-refractivity contribution in [3.8, 4) is 0 Å². The van der Waals surface area contributed by atoms with Gasteiger partial charge in [-0.15, -0.1) is 0 Å². The van der Waals surface area contributed by atoms with Crippen LogP contribution >= 0.6 is 0 Å². The van der Waals surface area contributed by atoms with Gasteiger partial charge in [-0.05, 0) is 42.4 Å². The number of nitrogens with zero attached hydrogens (tertiary/aromatic N) is 1. The molecule has 0 N–H and O–H groups in total. The summed E-state index contributed by atoms with van der Waals surface area (Å²) in [5.74, 6) is -0.661. The summed E-state index contributed by atoms with van der Waals surface area (Å²) in [5.41, 5.74) is 3.50. The Morgan fingerprint density at radius 1 is 1.29 bits per heavy atom. The topological polar surface area (TPSA) is 55.8 Å². The molecule has 0 spiro atoms. The first-order valence-electron chi connectivity index (χ1n) is 9.77. The lowest BCUT2D eigenvalue weighted by Gasteiger charge is -2.21. The van der Waals surface area contributed by atoms with E-state index < -0.39 is 5.97 Å². The van der Waals surface area contributed by atoms with Crippen molar-refractivity contribution in [1.82, 2.24) is 4.90 Å². The van der Waals surface area contributed by atoms with Crippen molar-refractivity contribution in [2.45, 2.75) is 52.1 Å². The molecule has 150 valence electrons. The van der Waals surface area contributed by atoms with Crippen LogP contribution in [0.25, 0.3) is 6.08 Å². The Labute approximate surface area is 167 Å². The fraction of sp³-hybridized carbons (Fsp3) is 0.478. The second-order valence-electron chi connectivity index (χ2n) is 8.43. The monoisotopic (exact) mass is 383 g/mol. The number of benzene rings is 1. The highest BCUT2D eigenvalue weighted by Crippen LogP contribution is 2.33. The summed E-state index contributed by atoms with van der Waals surface area (Å²) < 4.78 is 10.6. The van der Waals surface area contributed by atoms with Crippen LogP contribution in [-0.4, -0.2) is 43.1 Å². The molecule has 0 radical (unpaired) electrons. The third-order valence-corrected chi connectivity index (χ3v) is 5.40. The van der Waals surface area contributed by atoms with Crippen molar-refractivity contribution in [2.75, 3.05) is 20.3 Å². The molecule has 0 saturated carbocycles. The molecule has 1 amide bonds. The van der Waals surface area contributed by atoms with Crippen LogP contribution in [0.4, 0.5) is 0 Å². The molecule has 2 heterocycles. The van der Waals surface area contributed by atoms with E-state index in [1.807, 2.05) is 12.1 Å². The van der Waals surface area contributed by atoms with Gasteiger partial charge in [-0.2, -0.15) is 0 Å². The SMILES string of the molecule is COC(=O)C1=C(C)N(C[C@@H]2CCCO2)C(=O)/C1=C\c1ccc(C(C)(C)C)cc1. The standard InChI is InChI=1S/C23H29NO4/c1-15-20(22(26)27-5)19(21(25)24(15)14-18-7-6-12-28-18)13-16-8-10-17(11-9-16)23(2,3)4/h8-11,13,18H,6-7,12,14H2,1-5H3/b19-13-/t18-/m0/s1. The molecular formula is C23H29NO4. The summed E-state index contributed by atoms with van der Waals surface area (Å²) in [6, 6.07) is 8.08. The second kappa shape index (κ2) is 7.92. The van der Waals surface area contributed by atoms with E-state index in [4.69, 9.17) is 9.47 Å². The van der Waals surface area contributed by atoms with E-state index in [0.29, 0.717) is 23.4 Å². The van der Waals surface area contributed by atoms with Gasteiger partial charge in [0.1, 0.15) is 0 Å². The molecule has 0 unspecified atom stereocenters. The number of rotatable bonds is 4. The average molecular weight is 383 g/mol. The van der Waals surface area contributed by atoms with E-state index in [0.717, 1.165) is 25.0 Å². The number of methoxy groups -OCH3 is 1. The Morgan fingerprint density at radius 2 is 1.96 bits per heavy atom. The van der Waals surface area contributed by atoms with Crippen LogP contribution < -0.4 is 0 Å². The lowest BCUT2D eigenvalue weighted by Crippen LogP contribution is -2.33. The Bertz CT molecular complexity index is 821. The van der Waals surface area contributed by atoms with Crippen molar-refractivity contribution >= 4 is 18.0 Å². The van der Waals surface area contributed by atoms with Crippen LogP contribution in [0.2, 0.25) is 0 Å². The van der Waals surface area contributed by atoms with Crippen LogP contribution in [0.3, 0.4) is 0 Å². The maximum absolute atomic E-state index is 13.1. The maximum Gasteiger partial charge on any atom is 0.340 e. The van der Waals surface area contributed by atoms with Crippen molar-refractivity contribution in [2.24, 2.45) is 0 Å². The number of hydrogen-bond donors (Lipinski definition) is 0. The highest BCUT2D eigenvalue weighted by molar-refractivity contribution is 6.16. The molecule has 1 fully saturated rings. The molecule has 0 aliphatic carbocycles. The predicted octanol–water partition coefficient (Wildman–Crippen LogP) is 3.84. The molecule has 2 aliphatic rings. The first kappa shape index (κ1) is 20.3. The minimum absolute atomic E-state index is 0.0169. The molecule has 5 heteroatoms. The van der Waals surface area contributed by atoms with Crippen LogP contribution in [0.1, 0.15) is 51.7 Å². The molecule has 0 aromatic heterocycles. The van der Waals surface area contributed by atoms with Crippen molar-refractivity contribution < 1.29 is 19.1 Å². The van der Waals surface area contributed by atoms with E-state index in [-0.39, 0.29) is 17.4 Å². The minimum Gasteiger partial charge on any atom is -0.465 e. The van der Waals surface area contributed by atoms with Gasteiger partial charge in [0.2, 0.25) is 0 Å². The maximum atomic E-state index is 13.1. The van der Waals surface area contributed by atoms with Crippen LogP contribution in [-0.2, 0) is 24.5 Å². The van der Waals surface area contributed by atoms with Crippen molar-refractivity contribution in [1.29, 1.82) is 0 Å². The molecule has 5 nitrogen and oxygen atoms in total. The quantitative estimate of drug-likeness (QED) is 0.586. The van der Waals surface area contributed by atoms with Gasteiger partial charge in [0.05, 0.1) is 30.9 Å². The molecule has 28 heavy (non-hydrogen) atoms. The van der Waals surface area contributed by atoms with Crippen molar-refractivity contribution in [3.05, 3.63) is 52.2 Å². The highest BCUT2D eigenvalue weighted by Gasteiger charge is 2.38. The second-order valence-corrected chi connectivity index (χ2v) is 8.43. The summed E-state index contributed by atoms with van der Waals surface area (Å²) in [4.78, 5) is 27.2. The number of hydrogen-bond acceptors (Lipinski definition) is 4. The molecule has 1 atom stereocenters. The number of carbonyl (C=O) groups excluding carboxylic acids is 2. The summed E-state index contributed by atoms with van der Waals surface area (Å²) in [6.07, 6.45) is 3.73. The third kappa shape index (κ3) is 4.04. The normalized spacial score (nSPS) is 21.8. The van der Waals surface area contributed by atoms with E-state index in [1.54, 1.807) is 17.9 Å². The van der Waals surface area contributed by atoms with Gasteiger partial charge >= 0.3 is 5.97 Å². The number of allylic oxidation sites excluding steroid dienone is 1. The molecule has 1 aromatic carbocycles. The molecular weight excluding hydrogens is 354 g/mol. The minimum atomic E-state index is -0.488.